The summed E-state index contributed by atoms with van der Waals surface area (Å²) in [6.45, 7) is 1.99. The van der Waals surface area contributed by atoms with Crippen LogP contribution in [0.5, 0.6) is 0 Å². The molecule has 24 heavy (non-hydrogen) atoms. The Balaban J connectivity index is 1.84. The first-order valence-electron chi connectivity index (χ1n) is 8.25. The van der Waals surface area contributed by atoms with Gasteiger partial charge in [-0.1, -0.05) is 25.0 Å². The zero-order valence-electron chi connectivity index (χ0n) is 13.4. The van der Waals surface area contributed by atoms with Crippen LogP contribution in [0.1, 0.15) is 36.0 Å². The van der Waals surface area contributed by atoms with E-state index in [1.54, 1.807) is 6.07 Å². The fourth-order valence-electron chi connectivity index (χ4n) is 3.03. The number of carbonyl (C=O) groups excluding carboxylic acids is 1. The average Bonchev–Trinajstić information content (AvgIpc) is 2.87. The Hall–Kier alpha value is -1.88. The number of nitrogens with one attached hydrogen (secondary N) is 1. The smallest absolute Gasteiger partial charge is 0.256 e. The minimum atomic E-state index is -0.427. The van der Waals surface area contributed by atoms with E-state index in [1.165, 1.54) is 25.0 Å². The zero-order chi connectivity index (χ0) is 16.9. The molecule has 0 atom stereocenters. The Labute approximate surface area is 150 Å². The van der Waals surface area contributed by atoms with Crippen molar-refractivity contribution in [1.82, 2.24) is 0 Å². The summed E-state index contributed by atoms with van der Waals surface area (Å²) in [6.07, 6.45) is 4.83. The van der Waals surface area contributed by atoms with Gasteiger partial charge in [-0.2, -0.15) is 0 Å². The van der Waals surface area contributed by atoms with Crippen molar-refractivity contribution in [3.8, 4) is 0 Å². The number of amides is 1. The molecule has 1 aliphatic heterocycles. The third-order valence-corrected chi connectivity index (χ3v) is 4.96. The lowest BCUT2D eigenvalue weighted by molar-refractivity contribution is 0.102. The summed E-state index contributed by atoms with van der Waals surface area (Å²) in [5.74, 6) is -0.743. The molecule has 0 aromatic heterocycles. The van der Waals surface area contributed by atoms with E-state index in [2.05, 4.69) is 26.1 Å². The van der Waals surface area contributed by atoms with E-state index in [4.69, 9.17) is 0 Å². The first-order valence-corrected chi connectivity index (χ1v) is 9.05. The third kappa shape index (κ3) is 3.96. The van der Waals surface area contributed by atoms with E-state index in [-0.39, 0.29) is 5.91 Å². The lowest BCUT2D eigenvalue weighted by Gasteiger charge is -2.25. The van der Waals surface area contributed by atoms with E-state index >= 15 is 0 Å². The van der Waals surface area contributed by atoms with Crippen LogP contribution in [-0.2, 0) is 0 Å². The second kappa shape index (κ2) is 7.79. The summed E-state index contributed by atoms with van der Waals surface area (Å²) in [7, 11) is 0. The molecular formula is C19H20BrFN2O. The molecule has 3 rings (SSSR count). The molecule has 0 bridgehead atoms. The van der Waals surface area contributed by atoms with Gasteiger partial charge < -0.3 is 10.2 Å². The molecule has 0 saturated carbocycles. The number of para-hydroxylation sites is 2. The van der Waals surface area contributed by atoms with Crippen molar-refractivity contribution in [3.63, 3.8) is 0 Å². The fourth-order valence-corrected chi connectivity index (χ4v) is 3.45. The van der Waals surface area contributed by atoms with Gasteiger partial charge in [0.15, 0.2) is 0 Å². The molecule has 0 radical (unpaired) electrons. The standard InChI is InChI=1S/C19H20BrFN2O/c20-16-10-9-14(21)13-15(16)19(24)22-17-7-3-4-8-18(17)23-11-5-1-2-6-12-23/h3-4,7-10,13H,1-2,5-6,11-12H2,(H,22,24). The Kier molecular flexibility index (Phi) is 5.51. The van der Waals surface area contributed by atoms with Crippen LogP contribution in [0.2, 0.25) is 0 Å². The van der Waals surface area contributed by atoms with E-state index in [0.717, 1.165) is 37.3 Å². The molecule has 1 heterocycles. The van der Waals surface area contributed by atoms with Crippen molar-refractivity contribution < 1.29 is 9.18 Å². The van der Waals surface area contributed by atoms with Crippen molar-refractivity contribution in [3.05, 3.63) is 58.3 Å². The first-order chi connectivity index (χ1) is 11.6. The van der Waals surface area contributed by atoms with Crippen molar-refractivity contribution in [1.29, 1.82) is 0 Å². The molecule has 3 nitrogen and oxygen atoms in total. The quantitative estimate of drug-likeness (QED) is 0.778. The predicted octanol–water partition coefficient (Wildman–Crippen LogP) is 5.22. The van der Waals surface area contributed by atoms with E-state index in [1.807, 2.05) is 24.3 Å². The molecule has 126 valence electrons. The van der Waals surface area contributed by atoms with Gasteiger partial charge in [-0.25, -0.2) is 4.39 Å². The minimum absolute atomic E-state index is 0.292. The number of hydrogen-bond acceptors (Lipinski definition) is 2. The molecule has 1 N–H and O–H groups in total. The Morgan fingerprint density at radius 3 is 2.50 bits per heavy atom. The summed E-state index contributed by atoms with van der Waals surface area (Å²) in [6, 6.07) is 11.9. The van der Waals surface area contributed by atoms with Crippen LogP contribution in [0.25, 0.3) is 0 Å². The second-order valence-corrected chi connectivity index (χ2v) is 6.85. The summed E-state index contributed by atoms with van der Waals surface area (Å²) in [5.41, 5.74) is 2.08. The van der Waals surface area contributed by atoms with Gasteiger partial charge in [0.05, 0.1) is 16.9 Å². The van der Waals surface area contributed by atoms with Gasteiger partial charge in [-0.15, -0.1) is 0 Å². The van der Waals surface area contributed by atoms with Crippen LogP contribution in [0.3, 0.4) is 0 Å². The summed E-state index contributed by atoms with van der Waals surface area (Å²) in [5, 5.41) is 2.94. The number of rotatable bonds is 3. The summed E-state index contributed by atoms with van der Waals surface area (Å²) < 4.78 is 14.0. The number of anilines is 2. The first kappa shape index (κ1) is 17.0. The van der Waals surface area contributed by atoms with Gasteiger partial charge in [0.2, 0.25) is 0 Å². The second-order valence-electron chi connectivity index (χ2n) is 6.00. The minimum Gasteiger partial charge on any atom is -0.370 e. The lowest BCUT2D eigenvalue weighted by Crippen LogP contribution is -2.25. The number of nitrogens with zero attached hydrogens (tertiary/aromatic N) is 1. The maximum Gasteiger partial charge on any atom is 0.256 e. The number of carbonyl (C=O) groups is 1. The van der Waals surface area contributed by atoms with Crippen molar-refractivity contribution in [2.45, 2.75) is 25.7 Å². The highest BCUT2D eigenvalue weighted by Crippen LogP contribution is 2.29. The largest absolute Gasteiger partial charge is 0.370 e. The monoisotopic (exact) mass is 390 g/mol. The number of benzene rings is 2. The normalized spacial score (nSPS) is 15.0. The molecule has 0 spiro atoms. The molecule has 1 fully saturated rings. The van der Waals surface area contributed by atoms with Crippen LogP contribution in [0.4, 0.5) is 15.8 Å². The van der Waals surface area contributed by atoms with Gasteiger partial charge >= 0.3 is 0 Å². The van der Waals surface area contributed by atoms with Gasteiger partial charge in [0.25, 0.3) is 5.91 Å². The van der Waals surface area contributed by atoms with E-state index in [9.17, 15) is 9.18 Å². The molecule has 0 aliphatic carbocycles. The number of halogens is 2. The van der Waals surface area contributed by atoms with Crippen molar-refractivity contribution >= 4 is 33.2 Å². The average molecular weight is 391 g/mol. The Morgan fingerprint density at radius 2 is 1.75 bits per heavy atom. The van der Waals surface area contributed by atoms with Gasteiger partial charge in [-0.05, 0) is 59.1 Å². The Morgan fingerprint density at radius 1 is 1.04 bits per heavy atom. The highest BCUT2D eigenvalue weighted by Gasteiger charge is 2.17. The lowest BCUT2D eigenvalue weighted by atomic mass is 10.2. The van der Waals surface area contributed by atoms with Gasteiger partial charge in [-0.3, -0.25) is 4.79 Å². The van der Waals surface area contributed by atoms with Gasteiger partial charge in [0.1, 0.15) is 5.82 Å². The summed E-state index contributed by atoms with van der Waals surface area (Å²) >= 11 is 3.31. The SMILES string of the molecule is O=C(Nc1ccccc1N1CCCCCC1)c1cc(F)ccc1Br. The maximum atomic E-state index is 13.5. The van der Waals surface area contributed by atoms with Gasteiger partial charge in [0, 0.05) is 17.6 Å². The zero-order valence-corrected chi connectivity index (χ0v) is 15.0. The molecule has 2 aromatic carbocycles. The predicted molar refractivity (Wildman–Crippen MR) is 99.2 cm³/mol. The van der Waals surface area contributed by atoms with Crippen LogP contribution in [-0.4, -0.2) is 19.0 Å². The fraction of sp³-hybridized carbons (Fsp3) is 0.316. The molecular weight excluding hydrogens is 371 g/mol. The number of hydrogen-bond donors (Lipinski definition) is 1. The molecule has 0 unspecified atom stereocenters. The molecule has 5 heteroatoms. The van der Waals surface area contributed by atoms with E-state index < -0.39 is 5.82 Å². The van der Waals surface area contributed by atoms with Crippen LogP contribution in [0.15, 0.2) is 46.9 Å². The third-order valence-electron chi connectivity index (χ3n) is 4.27. The van der Waals surface area contributed by atoms with Crippen LogP contribution in [0, 0.1) is 5.82 Å². The summed E-state index contributed by atoms with van der Waals surface area (Å²) in [4.78, 5) is 14.9. The van der Waals surface area contributed by atoms with Crippen LogP contribution >= 0.6 is 15.9 Å². The molecule has 1 aliphatic rings. The highest BCUT2D eigenvalue weighted by atomic mass is 79.9. The van der Waals surface area contributed by atoms with Crippen LogP contribution < -0.4 is 10.2 Å². The molecule has 1 amide bonds. The molecule has 2 aromatic rings. The van der Waals surface area contributed by atoms with Crippen molar-refractivity contribution in [2.75, 3.05) is 23.3 Å². The Bertz CT molecular complexity index is 727. The van der Waals surface area contributed by atoms with Crippen molar-refractivity contribution in [2.24, 2.45) is 0 Å². The maximum absolute atomic E-state index is 13.5. The topological polar surface area (TPSA) is 32.3 Å². The molecule has 1 saturated heterocycles. The highest BCUT2D eigenvalue weighted by molar-refractivity contribution is 9.10. The van der Waals surface area contributed by atoms with E-state index in [0.29, 0.717) is 10.0 Å².